The van der Waals surface area contributed by atoms with E-state index in [1.807, 2.05) is 6.07 Å². The Labute approximate surface area is 177 Å². The van der Waals surface area contributed by atoms with Crippen molar-refractivity contribution in [3.8, 4) is 0 Å². The van der Waals surface area contributed by atoms with Gasteiger partial charge in [-0.3, -0.25) is 9.63 Å². The van der Waals surface area contributed by atoms with Crippen LogP contribution in [0.3, 0.4) is 0 Å². The van der Waals surface area contributed by atoms with Crippen LogP contribution in [-0.4, -0.2) is 23.7 Å². The number of halogens is 4. The molecule has 2 aromatic rings. The van der Waals surface area contributed by atoms with Gasteiger partial charge >= 0.3 is 0 Å². The molecule has 1 atom stereocenters. The second-order valence-electron chi connectivity index (χ2n) is 5.48. The highest BCUT2D eigenvalue weighted by Gasteiger charge is 2.16. The van der Waals surface area contributed by atoms with Crippen molar-refractivity contribution in [3.05, 3.63) is 54.8 Å². The first-order valence-electron chi connectivity index (χ1n) is 7.59. The Kier molecular flexibility index (Phi) is 8.08. The highest BCUT2D eigenvalue weighted by atomic mass is 127. The number of carbonyl (C=O) groups is 1. The minimum absolute atomic E-state index is 0.144. The Morgan fingerprint density at radius 3 is 2.77 bits per heavy atom. The Hall–Kier alpha value is -0.940. The van der Waals surface area contributed by atoms with Gasteiger partial charge in [0.15, 0.2) is 0 Å². The van der Waals surface area contributed by atoms with Crippen LogP contribution in [0.1, 0.15) is 23.7 Å². The number of hydroxylamine groups is 1. The molecule has 0 aliphatic carbocycles. The average molecular weight is 558 g/mol. The Balaban J connectivity index is 2.22. The third-order valence-electron chi connectivity index (χ3n) is 3.31. The highest BCUT2D eigenvalue weighted by molar-refractivity contribution is 14.1. The lowest BCUT2D eigenvalue weighted by Crippen LogP contribution is -2.26. The lowest BCUT2D eigenvalue weighted by molar-refractivity contribution is 0.0187. The lowest BCUT2D eigenvalue weighted by atomic mass is 10.1. The standard InChI is InChI=1S/C17H16BrClFIN2O3/c1-9(24)4-5-26-23-17(25)11-7-12(18)14(20)8-16(11)22-15-3-2-10(21)6-13(15)19/h2-3,6-9,22,24H,4-5H2,1H3,(H,23,25). The molecule has 0 bridgehead atoms. The predicted octanol–water partition coefficient (Wildman–Crippen LogP) is 5.02. The zero-order valence-corrected chi connectivity index (χ0v) is 18.2. The molecule has 0 aliphatic heterocycles. The van der Waals surface area contributed by atoms with Crippen molar-refractivity contribution in [2.45, 2.75) is 19.4 Å². The van der Waals surface area contributed by atoms with Gasteiger partial charge in [0, 0.05) is 3.57 Å². The summed E-state index contributed by atoms with van der Waals surface area (Å²) in [6.07, 6.45) is -0.163. The van der Waals surface area contributed by atoms with E-state index in [1.54, 1.807) is 19.1 Å². The fourth-order valence-electron chi connectivity index (χ4n) is 1.98. The molecule has 0 fully saturated rings. The number of nitrogens with one attached hydrogen (secondary N) is 2. The van der Waals surface area contributed by atoms with E-state index in [9.17, 15) is 14.3 Å². The molecule has 0 aromatic heterocycles. The van der Waals surface area contributed by atoms with Crippen LogP contribution in [0.4, 0.5) is 15.8 Å². The first-order chi connectivity index (χ1) is 12.3. The average Bonchev–Trinajstić information content (AvgIpc) is 2.56. The summed E-state index contributed by atoms with van der Waals surface area (Å²) in [6.45, 7) is 1.77. The summed E-state index contributed by atoms with van der Waals surface area (Å²) in [7, 11) is 0. The molecule has 2 aromatic carbocycles. The zero-order valence-electron chi connectivity index (χ0n) is 13.7. The van der Waals surface area contributed by atoms with E-state index < -0.39 is 17.8 Å². The fraction of sp³-hybridized carbons (Fsp3) is 0.235. The van der Waals surface area contributed by atoms with Gasteiger partial charge in [0.1, 0.15) is 5.82 Å². The van der Waals surface area contributed by atoms with Crippen molar-refractivity contribution in [1.82, 2.24) is 5.48 Å². The fourth-order valence-corrected chi connectivity index (χ4v) is 3.22. The van der Waals surface area contributed by atoms with Crippen LogP contribution in [0.5, 0.6) is 0 Å². The Morgan fingerprint density at radius 2 is 2.12 bits per heavy atom. The van der Waals surface area contributed by atoms with E-state index in [2.05, 4.69) is 49.3 Å². The second-order valence-corrected chi connectivity index (χ2v) is 7.99. The summed E-state index contributed by atoms with van der Waals surface area (Å²) < 4.78 is 15.1. The van der Waals surface area contributed by atoms with Crippen molar-refractivity contribution in [2.24, 2.45) is 0 Å². The first-order valence-corrected chi connectivity index (χ1v) is 9.84. The number of carbonyl (C=O) groups excluding carboxylic acids is 1. The van der Waals surface area contributed by atoms with Crippen LogP contribution in [0.2, 0.25) is 5.02 Å². The van der Waals surface area contributed by atoms with Gasteiger partial charge in [0.05, 0.1) is 39.1 Å². The third-order valence-corrected chi connectivity index (χ3v) is 4.90. The smallest absolute Gasteiger partial charge is 0.276 e. The van der Waals surface area contributed by atoms with E-state index in [0.29, 0.717) is 17.1 Å². The van der Waals surface area contributed by atoms with Crippen LogP contribution in [0.15, 0.2) is 34.8 Å². The minimum atomic E-state index is -0.555. The number of benzene rings is 2. The summed E-state index contributed by atoms with van der Waals surface area (Å²) in [4.78, 5) is 17.4. The Bertz CT molecular complexity index is 808. The molecule has 5 nitrogen and oxygen atoms in total. The Morgan fingerprint density at radius 1 is 1.38 bits per heavy atom. The minimum Gasteiger partial charge on any atom is -0.393 e. The topological polar surface area (TPSA) is 70.6 Å². The molecule has 0 radical (unpaired) electrons. The van der Waals surface area contributed by atoms with Gasteiger partial charge < -0.3 is 10.4 Å². The summed E-state index contributed by atoms with van der Waals surface area (Å²) in [5.41, 5.74) is 3.24. The van der Waals surface area contributed by atoms with Crippen LogP contribution in [0.25, 0.3) is 0 Å². The molecule has 1 unspecified atom stereocenters. The van der Waals surface area contributed by atoms with Crippen molar-refractivity contribution in [2.75, 3.05) is 11.9 Å². The van der Waals surface area contributed by atoms with Crippen molar-refractivity contribution in [1.29, 1.82) is 0 Å². The number of aliphatic hydroxyl groups is 1. The van der Waals surface area contributed by atoms with Crippen LogP contribution >= 0.6 is 50.1 Å². The highest BCUT2D eigenvalue weighted by Crippen LogP contribution is 2.31. The van der Waals surface area contributed by atoms with E-state index in [-0.39, 0.29) is 22.3 Å². The van der Waals surface area contributed by atoms with E-state index >= 15 is 0 Å². The monoisotopic (exact) mass is 556 g/mol. The molecular weight excluding hydrogens is 541 g/mol. The SMILES string of the molecule is CC(O)CCONC(=O)c1cc(Br)c(F)cc1Nc1ccc(I)cc1Cl. The van der Waals surface area contributed by atoms with E-state index in [4.69, 9.17) is 16.4 Å². The number of amides is 1. The van der Waals surface area contributed by atoms with Crippen LogP contribution in [-0.2, 0) is 4.84 Å². The number of aliphatic hydroxyl groups excluding tert-OH is 1. The normalized spacial score (nSPS) is 11.9. The molecule has 3 N–H and O–H groups in total. The molecular formula is C17H16BrClFIN2O3. The quantitative estimate of drug-likeness (QED) is 0.254. The molecule has 26 heavy (non-hydrogen) atoms. The molecule has 9 heteroatoms. The first kappa shape index (κ1) is 21.4. The van der Waals surface area contributed by atoms with Gasteiger partial charge in [-0.1, -0.05) is 11.6 Å². The van der Waals surface area contributed by atoms with Gasteiger partial charge in [0.2, 0.25) is 0 Å². The summed E-state index contributed by atoms with van der Waals surface area (Å²) in [6, 6.07) is 7.88. The molecule has 0 aliphatic rings. The van der Waals surface area contributed by atoms with Crippen molar-refractivity contribution >= 4 is 67.4 Å². The number of hydrogen-bond acceptors (Lipinski definition) is 4. The van der Waals surface area contributed by atoms with E-state index in [0.717, 1.165) is 3.57 Å². The molecule has 1 amide bonds. The molecule has 0 saturated carbocycles. The zero-order chi connectivity index (χ0) is 19.3. The second kappa shape index (κ2) is 9.84. The summed E-state index contributed by atoms with van der Waals surface area (Å²) in [5.74, 6) is -1.08. The van der Waals surface area contributed by atoms with Gasteiger partial charge in [-0.25, -0.2) is 9.87 Å². The molecule has 0 heterocycles. The van der Waals surface area contributed by atoms with Gasteiger partial charge in [0.25, 0.3) is 5.91 Å². The molecule has 0 saturated heterocycles. The van der Waals surface area contributed by atoms with Gasteiger partial charge in [-0.15, -0.1) is 0 Å². The van der Waals surface area contributed by atoms with E-state index in [1.165, 1.54) is 12.1 Å². The molecule has 0 spiro atoms. The third kappa shape index (κ3) is 6.05. The summed E-state index contributed by atoms with van der Waals surface area (Å²) >= 11 is 11.4. The number of anilines is 2. The van der Waals surface area contributed by atoms with Crippen LogP contribution < -0.4 is 10.8 Å². The van der Waals surface area contributed by atoms with Crippen LogP contribution in [0, 0.1) is 9.39 Å². The largest absolute Gasteiger partial charge is 0.393 e. The number of hydrogen-bond donors (Lipinski definition) is 3. The number of rotatable bonds is 7. The van der Waals surface area contributed by atoms with Crippen molar-refractivity contribution < 1.29 is 19.1 Å². The van der Waals surface area contributed by atoms with Crippen molar-refractivity contribution in [3.63, 3.8) is 0 Å². The maximum absolute atomic E-state index is 14.0. The predicted molar refractivity (Wildman–Crippen MR) is 111 cm³/mol. The molecule has 140 valence electrons. The summed E-state index contributed by atoms with van der Waals surface area (Å²) in [5, 5.41) is 12.6. The lowest BCUT2D eigenvalue weighted by Gasteiger charge is -2.15. The maximum atomic E-state index is 14.0. The van der Waals surface area contributed by atoms with Gasteiger partial charge in [-0.05, 0) is 82.2 Å². The molecule has 2 rings (SSSR count). The maximum Gasteiger partial charge on any atom is 0.276 e. The van der Waals surface area contributed by atoms with Gasteiger partial charge in [-0.2, -0.15) is 0 Å².